The number of aromatic amines is 1. The van der Waals surface area contributed by atoms with Gasteiger partial charge in [-0.3, -0.25) is 9.59 Å². The van der Waals surface area contributed by atoms with Crippen molar-refractivity contribution in [2.24, 2.45) is 0 Å². The Labute approximate surface area is 171 Å². The number of H-pyrrole nitrogens is 1. The Bertz CT molecular complexity index is 1290. The summed E-state index contributed by atoms with van der Waals surface area (Å²) in [5, 5.41) is 6.34. The molecule has 1 amide bonds. The first-order valence-corrected chi connectivity index (χ1v) is 10.0. The number of carbonyl (C=O) groups is 1. The summed E-state index contributed by atoms with van der Waals surface area (Å²) in [7, 11) is 0. The summed E-state index contributed by atoms with van der Waals surface area (Å²) in [6.07, 6.45) is 2.51. The lowest BCUT2D eigenvalue weighted by atomic mass is 9.93. The first-order valence-electron chi connectivity index (χ1n) is 9.64. The van der Waals surface area contributed by atoms with Crippen LogP contribution in [-0.4, -0.2) is 39.0 Å². The zero-order valence-corrected chi connectivity index (χ0v) is 16.4. The standard InChI is InChI=1S/C22H19ClN4O2/c23-17-6-2-1-4-15(17)16-5-3-7-18-21(16)22-24-20(29)12-19(27(22)25-18)14-8-10-26(13-28)11-9-14/h1-7,12-14H,8-11H2,(H,24,29). The van der Waals surface area contributed by atoms with Crippen LogP contribution in [0.15, 0.2) is 53.3 Å². The van der Waals surface area contributed by atoms with Crippen LogP contribution >= 0.6 is 11.6 Å². The van der Waals surface area contributed by atoms with E-state index in [0.717, 1.165) is 47.0 Å². The predicted molar refractivity (Wildman–Crippen MR) is 113 cm³/mol. The minimum Gasteiger partial charge on any atom is -0.345 e. The van der Waals surface area contributed by atoms with E-state index in [1.165, 1.54) is 0 Å². The molecule has 0 spiro atoms. The van der Waals surface area contributed by atoms with Crippen molar-refractivity contribution < 1.29 is 4.79 Å². The summed E-state index contributed by atoms with van der Waals surface area (Å²) < 4.78 is 1.85. The van der Waals surface area contributed by atoms with Gasteiger partial charge < -0.3 is 9.88 Å². The van der Waals surface area contributed by atoms with Gasteiger partial charge in [-0.2, -0.15) is 5.10 Å². The highest BCUT2D eigenvalue weighted by molar-refractivity contribution is 6.33. The average molecular weight is 407 g/mol. The van der Waals surface area contributed by atoms with Crippen LogP contribution in [0.1, 0.15) is 24.5 Å². The predicted octanol–water partition coefficient (Wildman–Crippen LogP) is 3.83. The molecule has 0 bridgehead atoms. The highest BCUT2D eigenvalue weighted by atomic mass is 35.5. The number of benzene rings is 2. The number of hydrogen-bond donors (Lipinski definition) is 1. The lowest BCUT2D eigenvalue weighted by Crippen LogP contribution is -2.32. The number of amides is 1. The molecule has 0 saturated carbocycles. The number of piperidine rings is 1. The minimum absolute atomic E-state index is 0.152. The van der Waals surface area contributed by atoms with E-state index in [1.54, 1.807) is 11.0 Å². The monoisotopic (exact) mass is 406 g/mol. The van der Waals surface area contributed by atoms with Crippen LogP contribution in [0.2, 0.25) is 5.02 Å². The Hall–Kier alpha value is -3.12. The van der Waals surface area contributed by atoms with Gasteiger partial charge in [-0.25, -0.2) is 4.52 Å². The van der Waals surface area contributed by atoms with Crippen molar-refractivity contribution in [3.63, 3.8) is 0 Å². The number of aromatic nitrogens is 3. The van der Waals surface area contributed by atoms with Crippen molar-refractivity contribution in [1.29, 1.82) is 0 Å². The zero-order chi connectivity index (χ0) is 20.0. The van der Waals surface area contributed by atoms with Crippen molar-refractivity contribution in [2.75, 3.05) is 13.1 Å². The minimum atomic E-state index is -0.152. The van der Waals surface area contributed by atoms with E-state index >= 15 is 0 Å². The highest BCUT2D eigenvalue weighted by Gasteiger charge is 2.24. The number of nitrogens with zero attached hydrogens (tertiary/aromatic N) is 3. The first-order chi connectivity index (χ1) is 14.2. The van der Waals surface area contributed by atoms with Crippen LogP contribution in [0.3, 0.4) is 0 Å². The average Bonchev–Trinajstić information content (AvgIpc) is 3.12. The van der Waals surface area contributed by atoms with Gasteiger partial charge in [0.25, 0.3) is 5.56 Å². The molecule has 0 unspecified atom stereocenters. The SMILES string of the molecule is O=CN1CCC(c2cc(=O)[nH]c3c4c(-c5ccccc5Cl)cccc4nn23)CC1. The zero-order valence-electron chi connectivity index (χ0n) is 15.6. The quantitative estimate of drug-likeness (QED) is 0.525. The molecule has 29 heavy (non-hydrogen) atoms. The smallest absolute Gasteiger partial charge is 0.251 e. The normalized spacial score (nSPS) is 15.3. The van der Waals surface area contributed by atoms with Crippen molar-refractivity contribution in [3.8, 4) is 11.1 Å². The third kappa shape index (κ3) is 3.00. The fraction of sp³-hybridized carbons (Fsp3) is 0.227. The largest absolute Gasteiger partial charge is 0.345 e. The van der Waals surface area contributed by atoms with Gasteiger partial charge in [0.2, 0.25) is 6.41 Å². The van der Waals surface area contributed by atoms with Crippen LogP contribution < -0.4 is 5.56 Å². The van der Waals surface area contributed by atoms with E-state index in [9.17, 15) is 9.59 Å². The molecular weight excluding hydrogens is 388 g/mol. The molecule has 4 aromatic rings. The Morgan fingerprint density at radius 2 is 1.83 bits per heavy atom. The summed E-state index contributed by atoms with van der Waals surface area (Å²) in [6, 6.07) is 15.2. The molecule has 3 heterocycles. The van der Waals surface area contributed by atoms with Gasteiger partial charge in [0.15, 0.2) is 0 Å². The molecule has 7 heteroatoms. The second-order valence-corrected chi connectivity index (χ2v) is 7.82. The number of carbonyl (C=O) groups excluding carboxylic acids is 1. The molecule has 0 atom stereocenters. The van der Waals surface area contributed by atoms with Gasteiger partial charge in [0, 0.05) is 35.7 Å². The van der Waals surface area contributed by atoms with Gasteiger partial charge in [0.05, 0.1) is 16.6 Å². The van der Waals surface area contributed by atoms with Crippen LogP contribution in [0, 0.1) is 0 Å². The molecular formula is C22H19ClN4O2. The summed E-state index contributed by atoms with van der Waals surface area (Å²) >= 11 is 6.46. The van der Waals surface area contributed by atoms with E-state index < -0.39 is 0 Å². The van der Waals surface area contributed by atoms with Gasteiger partial charge in [-0.15, -0.1) is 0 Å². The third-order valence-corrected chi connectivity index (χ3v) is 6.05. The van der Waals surface area contributed by atoms with Crippen molar-refractivity contribution in [3.05, 3.63) is 69.6 Å². The third-order valence-electron chi connectivity index (χ3n) is 5.72. The molecule has 0 radical (unpaired) electrons. The Balaban J connectivity index is 1.74. The molecule has 1 aliphatic heterocycles. The van der Waals surface area contributed by atoms with E-state index in [-0.39, 0.29) is 11.5 Å². The van der Waals surface area contributed by atoms with E-state index in [1.807, 2.05) is 47.0 Å². The number of fused-ring (bicyclic) bond motifs is 3. The van der Waals surface area contributed by atoms with Crippen LogP contribution in [0.25, 0.3) is 27.7 Å². The molecule has 2 aromatic heterocycles. The Kier molecular flexibility index (Phi) is 4.36. The van der Waals surface area contributed by atoms with Crippen LogP contribution in [0.4, 0.5) is 0 Å². The second-order valence-electron chi connectivity index (χ2n) is 7.41. The molecule has 146 valence electrons. The maximum Gasteiger partial charge on any atom is 0.251 e. The van der Waals surface area contributed by atoms with Gasteiger partial charge >= 0.3 is 0 Å². The summed E-state index contributed by atoms with van der Waals surface area (Å²) in [4.78, 5) is 28.3. The van der Waals surface area contributed by atoms with Crippen molar-refractivity contribution >= 4 is 34.6 Å². The summed E-state index contributed by atoms with van der Waals surface area (Å²) in [5.41, 5.74) is 4.05. The summed E-state index contributed by atoms with van der Waals surface area (Å²) in [5.74, 6) is 0.175. The molecule has 1 aliphatic rings. The van der Waals surface area contributed by atoms with Crippen LogP contribution in [-0.2, 0) is 4.79 Å². The lowest BCUT2D eigenvalue weighted by Gasteiger charge is -2.29. The maximum absolute atomic E-state index is 12.5. The number of hydrogen-bond acceptors (Lipinski definition) is 3. The summed E-state index contributed by atoms with van der Waals surface area (Å²) in [6.45, 7) is 1.38. The first kappa shape index (κ1) is 17.9. The van der Waals surface area contributed by atoms with E-state index in [4.69, 9.17) is 16.7 Å². The fourth-order valence-corrected chi connectivity index (χ4v) is 4.52. The Morgan fingerprint density at radius 3 is 2.59 bits per heavy atom. The van der Waals surface area contributed by atoms with E-state index in [2.05, 4.69) is 4.98 Å². The van der Waals surface area contributed by atoms with Crippen molar-refractivity contribution in [1.82, 2.24) is 19.5 Å². The molecule has 0 aliphatic carbocycles. The molecule has 1 fully saturated rings. The molecule has 6 nitrogen and oxygen atoms in total. The molecule has 1 saturated heterocycles. The maximum atomic E-state index is 12.5. The van der Waals surface area contributed by atoms with Gasteiger partial charge in [-0.05, 0) is 30.5 Å². The second kappa shape index (κ2) is 7.04. The fourth-order valence-electron chi connectivity index (χ4n) is 4.28. The number of rotatable bonds is 3. The lowest BCUT2D eigenvalue weighted by molar-refractivity contribution is -0.119. The number of nitrogens with one attached hydrogen (secondary N) is 1. The molecule has 2 aromatic carbocycles. The Morgan fingerprint density at radius 1 is 1.07 bits per heavy atom. The topological polar surface area (TPSA) is 70.5 Å². The highest BCUT2D eigenvalue weighted by Crippen LogP contribution is 2.36. The molecule has 5 rings (SSSR count). The molecule has 1 N–H and O–H groups in total. The van der Waals surface area contributed by atoms with Crippen LogP contribution in [0.5, 0.6) is 0 Å². The number of halogens is 1. The van der Waals surface area contributed by atoms with Gasteiger partial charge in [-0.1, -0.05) is 41.9 Å². The van der Waals surface area contributed by atoms with E-state index in [0.29, 0.717) is 23.8 Å². The van der Waals surface area contributed by atoms with Crippen molar-refractivity contribution in [2.45, 2.75) is 18.8 Å². The number of likely N-dealkylation sites (tertiary alicyclic amines) is 1. The van der Waals surface area contributed by atoms with Gasteiger partial charge in [0.1, 0.15) is 5.65 Å².